The van der Waals surface area contributed by atoms with Crippen molar-refractivity contribution in [2.24, 2.45) is 0 Å². The first-order valence-corrected chi connectivity index (χ1v) is 4.80. The third-order valence-electron chi connectivity index (χ3n) is 1.98. The van der Waals surface area contributed by atoms with Gasteiger partial charge in [-0.2, -0.15) is 0 Å². The van der Waals surface area contributed by atoms with Crippen LogP contribution in [0.25, 0.3) is 0 Å². The molecular formula is C11H12F2O3. The van der Waals surface area contributed by atoms with Crippen LogP contribution in [0.15, 0.2) is 24.3 Å². The first-order valence-electron chi connectivity index (χ1n) is 4.80. The minimum absolute atomic E-state index is 0.000512. The molecule has 0 saturated carbocycles. The van der Waals surface area contributed by atoms with Gasteiger partial charge in [-0.05, 0) is 24.6 Å². The molecule has 1 aromatic rings. The van der Waals surface area contributed by atoms with Crippen LogP contribution < -0.4 is 0 Å². The lowest BCUT2D eigenvalue weighted by Crippen LogP contribution is -2.26. The van der Waals surface area contributed by atoms with Crippen molar-refractivity contribution in [3.63, 3.8) is 0 Å². The molecule has 1 rings (SSSR count). The zero-order valence-electron chi connectivity index (χ0n) is 8.69. The lowest BCUT2D eigenvalue weighted by Gasteiger charge is -2.14. The second-order valence-electron chi connectivity index (χ2n) is 3.15. The number of alkyl halides is 1. The first-order chi connectivity index (χ1) is 7.56. The van der Waals surface area contributed by atoms with E-state index in [-0.39, 0.29) is 12.2 Å². The van der Waals surface area contributed by atoms with Gasteiger partial charge in [0.1, 0.15) is 11.9 Å². The molecule has 0 aromatic heterocycles. The van der Waals surface area contributed by atoms with Crippen molar-refractivity contribution in [1.82, 2.24) is 0 Å². The fraction of sp³-hybridized carbons (Fsp3) is 0.364. The molecule has 0 saturated heterocycles. The number of ether oxygens (including phenoxy) is 1. The maximum Gasteiger partial charge on any atom is 0.343 e. The third kappa shape index (κ3) is 3.00. The maximum atomic E-state index is 13.3. The van der Waals surface area contributed by atoms with Gasteiger partial charge in [0.05, 0.1) is 6.61 Å². The van der Waals surface area contributed by atoms with E-state index in [4.69, 9.17) is 0 Å². The van der Waals surface area contributed by atoms with Crippen molar-refractivity contribution < 1.29 is 23.4 Å². The standard InChI is InChI=1S/C11H12F2O3/c1-2-16-11(15)9(13)10(14)7-4-3-5-8(12)6-7/h3-6,9-10,14H,2H2,1H3. The van der Waals surface area contributed by atoms with Crippen LogP contribution in [0.5, 0.6) is 0 Å². The Morgan fingerprint density at radius 2 is 2.25 bits per heavy atom. The van der Waals surface area contributed by atoms with Crippen molar-refractivity contribution in [1.29, 1.82) is 0 Å². The molecule has 0 radical (unpaired) electrons. The summed E-state index contributed by atoms with van der Waals surface area (Å²) in [7, 11) is 0. The summed E-state index contributed by atoms with van der Waals surface area (Å²) >= 11 is 0. The predicted octanol–water partition coefficient (Wildman–Crippen LogP) is 1.76. The van der Waals surface area contributed by atoms with E-state index < -0.39 is 24.1 Å². The van der Waals surface area contributed by atoms with Crippen LogP contribution in [-0.4, -0.2) is 23.9 Å². The summed E-state index contributed by atoms with van der Waals surface area (Å²) in [6.45, 7) is 1.55. The molecule has 2 atom stereocenters. The van der Waals surface area contributed by atoms with Gasteiger partial charge in [0.2, 0.25) is 6.17 Å². The summed E-state index contributed by atoms with van der Waals surface area (Å²) < 4.78 is 30.5. The summed E-state index contributed by atoms with van der Waals surface area (Å²) in [5.74, 6) is -1.76. The second-order valence-corrected chi connectivity index (χ2v) is 3.15. The van der Waals surface area contributed by atoms with E-state index >= 15 is 0 Å². The van der Waals surface area contributed by atoms with Crippen molar-refractivity contribution in [3.8, 4) is 0 Å². The van der Waals surface area contributed by atoms with Crippen LogP contribution in [-0.2, 0) is 9.53 Å². The Balaban J connectivity index is 2.77. The minimum atomic E-state index is -2.21. The molecule has 0 aliphatic rings. The molecule has 5 heteroatoms. The number of halogens is 2. The molecule has 0 heterocycles. The van der Waals surface area contributed by atoms with Gasteiger partial charge in [0, 0.05) is 0 Å². The molecule has 2 unspecified atom stereocenters. The minimum Gasteiger partial charge on any atom is -0.464 e. The van der Waals surface area contributed by atoms with Crippen LogP contribution in [0.3, 0.4) is 0 Å². The maximum absolute atomic E-state index is 13.3. The summed E-state index contributed by atoms with van der Waals surface area (Å²) in [6, 6.07) is 4.79. The molecule has 0 aliphatic heterocycles. The van der Waals surface area contributed by atoms with Gasteiger partial charge in [-0.3, -0.25) is 0 Å². The molecule has 0 amide bonds. The summed E-state index contributed by atoms with van der Waals surface area (Å²) in [5.41, 5.74) is 0.000512. The molecule has 1 N–H and O–H groups in total. The van der Waals surface area contributed by atoms with Crippen molar-refractivity contribution in [2.75, 3.05) is 6.61 Å². The monoisotopic (exact) mass is 230 g/mol. The van der Waals surface area contributed by atoms with E-state index in [1.165, 1.54) is 19.1 Å². The van der Waals surface area contributed by atoms with E-state index in [1.54, 1.807) is 0 Å². The fourth-order valence-electron chi connectivity index (χ4n) is 1.21. The van der Waals surface area contributed by atoms with E-state index in [0.717, 1.165) is 12.1 Å². The molecule has 16 heavy (non-hydrogen) atoms. The highest BCUT2D eigenvalue weighted by atomic mass is 19.1. The number of rotatable bonds is 4. The lowest BCUT2D eigenvalue weighted by molar-refractivity contribution is -0.153. The van der Waals surface area contributed by atoms with Gasteiger partial charge >= 0.3 is 5.97 Å². The Morgan fingerprint density at radius 1 is 1.56 bits per heavy atom. The molecule has 1 aromatic carbocycles. The number of hydrogen-bond acceptors (Lipinski definition) is 3. The highest BCUT2D eigenvalue weighted by Crippen LogP contribution is 2.20. The number of aliphatic hydroxyl groups is 1. The molecule has 0 spiro atoms. The van der Waals surface area contributed by atoms with E-state index in [0.29, 0.717) is 0 Å². The van der Waals surface area contributed by atoms with Crippen LogP contribution in [0.1, 0.15) is 18.6 Å². The Kier molecular flexibility index (Phi) is 4.37. The summed E-state index contributed by atoms with van der Waals surface area (Å²) in [6.07, 6.45) is -3.92. The Bertz CT molecular complexity index is 368. The van der Waals surface area contributed by atoms with E-state index in [9.17, 15) is 18.7 Å². The predicted molar refractivity (Wildman–Crippen MR) is 52.9 cm³/mol. The zero-order valence-corrected chi connectivity index (χ0v) is 8.69. The average molecular weight is 230 g/mol. The molecule has 3 nitrogen and oxygen atoms in total. The first kappa shape index (κ1) is 12.6. The molecule has 0 bridgehead atoms. The Labute approximate surface area is 91.7 Å². The average Bonchev–Trinajstić information content (AvgIpc) is 2.27. The number of esters is 1. The highest BCUT2D eigenvalue weighted by molar-refractivity contribution is 5.75. The van der Waals surface area contributed by atoms with Crippen LogP contribution in [0.4, 0.5) is 8.78 Å². The number of carbonyl (C=O) groups excluding carboxylic acids is 1. The van der Waals surface area contributed by atoms with E-state index in [2.05, 4.69) is 4.74 Å². The number of aliphatic hydroxyl groups excluding tert-OH is 1. The zero-order chi connectivity index (χ0) is 12.1. The normalized spacial score (nSPS) is 14.2. The topological polar surface area (TPSA) is 46.5 Å². The molecule has 0 fully saturated rings. The van der Waals surface area contributed by atoms with Crippen molar-refractivity contribution in [3.05, 3.63) is 35.6 Å². The number of carbonyl (C=O) groups is 1. The Hall–Kier alpha value is -1.49. The van der Waals surface area contributed by atoms with Gasteiger partial charge in [-0.25, -0.2) is 13.6 Å². The SMILES string of the molecule is CCOC(=O)C(F)C(O)c1cccc(F)c1. The number of benzene rings is 1. The van der Waals surface area contributed by atoms with Gasteiger partial charge < -0.3 is 9.84 Å². The largest absolute Gasteiger partial charge is 0.464 e. The fourth-order valence-corrected chi connectivity index (χ4v) is 1.21. The van der Waals surface area contributed by atoms with E-state index in [1.807, 2.05) is 0 Å². The smallest absolute Gasteiger partial charge is 0.343 e. The van der Waals surface area contributed by atoms with Crippen molar-refractivity contribution >= 4 is 5.97 Å². The van der Waals surface area contributed by atoms with Crippen LogP contribution in [0.2, 0.25) is 0 Å². The molecule has 0 aliphatic carbocycles. The quantitative estimate of drug-likeness (QED) is 0.802. The lowest BCUT2D eigenvalue weighted by atomic mass is 10.1. The number of hydrogen-bond donors (Lipinski definition) is 1. The molecular weight excluding hydrogens is 218 g/mol. The second kappa shape index (κ2) is 5.55. The van der Waals surface area contributed by atoms with Crippen molar-refractivity contribution in [2.45, 2.75) is 19.2 Å². The third-order valence-corrected chi connectivity index (χ3v) is 1.98. The van der Waals surface area contributed by atoms with Crippen LogP contribution in [0, 0.1) is 5.82 Å². The van der Waals surface area contributed by atoms with Gasteiger partial charge in [0.15, 0.2) is 0 Å². The highest BCUT2D eigenvalue weighted by Gasteiger charge is 2.29. The molecule has 88 valence electrons. The Morgan fingerprint density at radius 3 is 2.81 bits per heavy atom. The summed E-state index contributed by atoms with van der Waals surface area (Å²) in [5, 5.41) is 9.47. The summed E-state index contributed by atoms with van der Waals surface area (Å²) in [4.78, 5) is 11.0. The van der Waals surface area contributed by atoms with Gasteiger partial charge in [-0.15, -0.1) is 0 Å². The van der Waals surface area contributed by atoms with Gasteiger partial charge in [-0.1, -0.05) is 12.1 Å². The van der Waals surface area contributed by atoms with Gasteiger partial charge in [0.25, 0.3) is 0 Å². The van der Waals surface area contributed by atoms with Crippen LogP contribution >= 0.6 is 0 Å².